The van der Waals surface area contributed by atoms with Crippen LogP contribution in [0.2, 0.25) is 0 Å². The van der Waals surface area contributed by atoms with E-state index in [1.54, 1.807) is 0 Å². The number of nitrogen functional groups attached to an aromatic ring is 1. The molecule has 0 saturated carbocycles. The average Bonchev–Trinajstić information content (AvgIpc) is 2.34. The van der Waals surface area contributed by atoms with E-state index >= 15 is 0 Å². The van der Waals surface area contributed by atoms with Crippen molar-refractivity contribution in [2.24, 2.45) is 5.92 Å². The van der Waals surface area contributed by atoms with Crippen LogP contribution in [0.1, 0.15) is 19.3 Å². The molecule has 1 aromatic carbocycles. The van der Waals surface area contributed by atoms with E-state index in [-0.39, 0.29) is 12.3 Å². The fourth-order valence-corrected chi connectivity index (χ4v) is 2.53. The van der Waals surface area contributed by atoms with Gasteiger partial charge in [-0.05, 0) is 31.2 Å². The Morgan fingerprint density at radius 3 is 2.89 bits per heavy atom. The van der Waals surface area contributed by atoms with E-state index in [0.29, 0.717) is 24.6 Å². The van der Waals surface area contributed by atoms with Gasteiger partial charge in [-0.1, -0.05) is 0 Å². The molecule has 1 atom stereocenters. The van der Waals surface area contributed by atoms with Crippen molar-refractivity contribution in [1.29, 1.82) is 0 Å². The van der Waals surface area contributed by atoms with E-state index in [1.165, 1.54) is 6.07 Å². The maximum atomic E-state index is 13.4. The van der Waals surface area contributed by atoms with Gasteiger partial charge >= 0.3 is 0 Å². The van der Waals surface area contributed by atoms with Gasteiger partial charge in [0, 0.05) is 25.8 Å². The van der Waals surface area contributed by atoms with Crippen LogP contribution >= 0.6 is 0 Å². The van der Waals surface area contributed by atoms with Crippen molar-refractivity contribution in [1.82, 2.24) is 0 Å². The lowest BCUT2D eigenvalue weighted by Crippen LogP contribution is -2.36. The van der Waals surface area contributed by atoms with E-state index in [9.17, 15) is 8.78 Å². The minimum absolute atomic E-state index is 0.000971. The first-order valence-electron chi connectivity index (χ1n) is 6.22. The molecule has 1 saturated heterocycles. The number of aliphatic hydroxyl groups is 1. The number of piperidine rings is 1. The number of nitrogens with two attached hydrogens (primary N) is 1. The maximum Gasteiger partial charge on any atom is 0.151 e. The molecule has 1 fully saturated rings. The Labute approximate surface area is 105 Å². The summed E-state index contributed by atoms with van der Waals surface area (Å²) in [7, 11) is 0. The van der Waals surface area contributed by atoms with Gasteiger partial charge in [-0.25, -0.2) is 8.78 Å². The molecule has 5 heteroatoms. The van der Waals surface area contributed by atoms with Crippen molar-refractivity contribution < 1.29 is 13.9 Å². The van der Waals surface area contributed by atoms with Gasteiger partial charge in [-0.15, -0.1) is 0 Å². The molecule has 1 aliphatic rings. The lowest BCUT2D eigenvalue weighted by molar-refractivity contribution is 0.244. The van der Waals surface area contributed by atoms with Gasteiger partial charge in [0.1, 0.15) is 5.82 Å². The molecule has 0 aromatic heterocycles. The van der Waals surface area contributed by atoms with E-state index in [2.05, 4.69) is 0 Å². The lowest BCUT2D eigenvalue weighted by Gasteiger charge is -2.35. The first kappa shape index (κ1) is 13.1. The van der Waals surface area contributed by atoms with Crippen molar-refractivity contribution in [2.45, 2.75) is 19.3 Å². The van der Waals surface area contributed by atoms with Gasteiger partial charge in [0.05, 0.1) is 11.4 Å². The molecule has 0 aliphatic carbocycles. The van der Waals surface area contributed by atoms with Crippen LogP contribution in [0.3, 0.4) is 0 Å². The molecule has 3 N–H and O–H groups in total. The van der Waals surface area contributed by atoms with Crippen molar-refractivity contribution in [3.05, 3.63) is 23.8 Å². The largest absolute Gasteiger partial charge is 0.396 e. The zero-order chi connectivity index (χ0) is 13.1. The Morgan fingerprint density at radius 1 is 1.39 bits per heavy atom. The highest BCUT2D eigenvalue weighted by molar-refractivity contribution is 5.68. The summed E-state index contributed by atoms with van der Waals surface area (Å²) in [6, 6.07) is 2.08. The van der Waals surface area contributed by atoms with E-state index in [1.807, 2.05) is 4.90 Å². The summed E-state index contributed by atoms with van der Waals surface area (Å²) in [6.45, 7) is 1.58. The molecule has 1 heterocycles. The molecule has 1 aromatic rings. The van der Waals surface area contributed by atoms with Crippen molar-refractivity contribution >= 4 is 11.4 Å². The topological polar surface area (TPSA) is 49.5 Å². The molecule has 0 radical (unpaired) electrons. The van der Waals surface area contributed by atoms with Crippen LogP contribution in [0, 0.1) is 17.6 Å². The first-order chi connectivity index (χ1) is 8.61. The molecule has 0 spiro atoms. The second-order valence-corrected chi connectivity index (χ2v) is 4.79. The van der Waals surface area contributed by atoms with Crippen LogP contribution < -0.4 is 10.6 Å². The van der Waals surface area contributed by atoms with Gasteiger partial charge in [0.25, 0.3) is 0 Å². The Kier molecular flexibility index (Phi) is 4.01. The maximum absolute atomic E-state index is 13.4. The van der Waals surface area contributed by atoms with Crippen LogP contribution in [0.25, 0.3) is 0 Å². The van der Waals surface area contributed by atoms with E-state index in [4.69, 9.17) is 10.8 Å². The highest BCUT2D eigenvalue weighted by Crippen LogP contribution is 2.31. The molecule has 1 unspecified atom stereocenters. The van der Waals surface area contributed by atoms with Gasteiger partial charge in [0.2, 0.25) is 0 Å². The highest BCUT2D eigenvalue weighted by atomic mass is 19.1. The van der Waals surface area contributed by atoms with E-state index < -0.39 is 11.6 Å². The Morgan fingerprint density at radius 2 is 2.17 bits per heavy atom. The third kappa shape index (κ3) is 2.72. The Hall–Kier alpha value is -1.36. The SMILES string of the molecule is Nc1c(F)cc(F)cc1N1CCCC(CCO)C1. The molecule has 100 valence electrons. The first-order valence-corrected chi connectivity index (χ1v) is 6.22. The molecule has 2 rings (SSSR count). The quantitative estimate of drug-likeness (QED) is 0.815. The van der Waals surface area contributed by atoms with Gasteiger partial charge in [-0.3, -0.25) is 0 Å². The summed E-state index contributed by atoms with van der Waals surface area (Å²) in [4.78, 5) is 1.91. The van der Waals surface area contributed by atoms with E-state index in [0.717, 1.165) is 25.5 Å². The molecule has 0 amide bonds. The smallest absolute Gasteiger partial charge is 0.151 e. The summed E-state index contributed by atoms with van der Waals surface area (Å²) in [5.41, 5.74) is 6.10. The van der Waals surface area contributed by atoms with Gasteiger partial charge < -0.3 is 15.7 Å². The summed E-state index contributed by atoms with van der Waals surface area (Å²) < 4.78 is 26.7. The van der Waals surface area contributed by atoms with Crippen LogP contribution in [-0.4, -0.2) is 24.8 Å². The van der Waals surface area contributed by atoms with Gasteiger partial charge in [-0.2, -0.15) is 0 Å². The van der Waals surface area contributed by atoms with Gasteiger partial charge in [0.15, 0.2) is 5.82 Å². The monoisotopic (exact) mass is 256 g/mol. The van der Waals surface area contributed by atoms with Crippen molar-refractivity contribution in [3.63, 3.8) is 0 Å². The number of benzene rings is 1. The highest BCUT2D eigenvalue weighted by Gasteiger charge is 2.22. The lowest BCUT2D eigenvalue weighted by atomic mass is 9.94. The minimum atomic E-state index is -0.714. The number of nitrogens with zero attached hydrogens (tertiary/aromatic N) is 1. The summed E-state index contributed by atoms with van der Waals surface area (Å²) in [5, 5.41) is 8.95. The minimum Gasteiger partial charge on any atom is -0.396 e. The summed E-state index contributed by atoms with van der Waals surface area (Å²) in [6.07, 6.45) is 2.70. The normalized spacial score (nSPS) is 20.2. The van der Waals surface area contributed by atoms with Crippen LogP contribution in [0.4, 0.5) is 20.2 Å². The predicted molar refractivity (Wildman–Crippen MR) is 67.4 cm³/mol. The molecular weight excluding hydrogens is 238 g/mol. The number of halogens is 2. The third-order valence-electron chi connectivity index (χ3n) is 3.47. The molecule has 1 aliphatic heterocycles. The molecule has 3 nitrogen and oxygen atoms in total. The second kappa shape index (κ2) is 5.52. The van der Waals surface area contributed by atoms with Crippen molar-refractivity contribution in [3.8, 4) is 0 Å². The zero-order valence-electron chi connectivity index (χ0n) is 10.2. The van der Waals surface area contributed by atoms with Crippen LogP contribution in [-0.2, 0) is 0 Å². The Balaban J connectivity index is 2.20. The fourth-order valence-electron chi connectivity index (χ4n) is 2.53. The third-order valence-corrected chi connectivity index (χ3v) is 3.47. The van der Waals surface area contributed by atoms with Crippen LogP contribution in [0.15, 0.2) is 12.1 Å². The predicted octanol–water partition coefficient (Wildman–Crippen LogP) is 2.15. The summed E-state index contributed by atoms with van der Waals surface area (Å²) >= 11 is 0. The second-order valence-electron chi connectivity index (χ2n) is 4.79. The number of hydrogen-bond donors (Lipinski definition) is 2. The average molecular weight is 256 g/mol. The van der Waals surface area contributed by atoms with Crippen molar-refractivity contribution in [2.75, 3.05) is 30.3 Å². The molecular formula is C13H18F2N2O. The number of hydrogen-bond acceptors (Lipinski definition) is 3. The summed E-state index contributed by atoms with van der Waals surface area (Å²) in [5.74, 6) is -0.968. The molecule has 0 bridgehead atoms. The standard InChI is InChI=1S/C13H18F2N2O/c14-10-6-11(15)13(16)12(7-10)17-4-1-2-9(8-17)3-5-18/h6-7,9,18H,1-5,8,16H2. The van der Waals surface area contributed by atoms with Crippen LogP contribution in [0.5, 0.6) is 0 Å². The zero-order valence-corrected chi connectivity index (χ0v) is 10.2. The number of rotatable bonds is 3. The fraction of sp³-hybridized carbons (Fsp3) is 0.538. The Bertz CT molecular complexity index is 424. The molecule has 18 heavy (non-hydrogen) atoms. The number of aliphatic hydroxyl groups excluding tert-OH is 1. The number of anilines is 2.